The van der Waals surface area contributed by atoms with E-state index in [4.69, 9.17) is 5.11 Å². The van der Waals surface area contributed by atoms with Crippen molar-refractivity contribution < 1.29 is 10.2 Å². The summed E-state index contributed by atoms with van der Waals surface area (Å²) in [5, 5.41) is 18.5. The molecule has 2 nitrogen and oxygen atoms in total. The zero-order valence-electron chi connectivity index (χ0n) is 9.28. The highest BCUT2D eigenvalue weighted by atomic mass is 16.3. The Morgan fingerprint density at radius 1 is 1.21 bits per heavy atom. The molecule has 0 aromatic rings. The first kappa shape index (κ1) is 12.0. The number of hydrogen-bond donors (Lipinski definition) is 2. The first-order chi connectivity index (χ1) is 6.77. The molecule has 1 aliphatic carbocycles. The van der Waals surface area contributed by atoms with Gasteiger partial charge >= 0.3 is 0 Å². The summed E-state index contributed by atoms with van der Waals surface area (Å²) < 4.78 is 0. The second kappa shape index (κ2) is 6.41. The molecule has 1 rings (SSSR count). The van der Waals surface area contributed by atoms with Crippen molar-refractivity contribution in [3.05, 3.63) is 0 Å². The summed E-state index contributed by atoms with van der Waals surface area (Å²) in [5.41, 5.74) is 0. The molecule has 1 fully saturated rings. The van der Waals surface area contributed by atoms with E-state index in [0.29, 0.717) is 5.92 Å². The molecule has 0 aromatic carbocycles. The van der Waals surface area contributed by atoms with Crippen LogP contribution in [0.15, 0.2) is 0 Å². The number of hydrogen-bond acceptors (Lipinski definition) is 2. The Labute approximate surface area is 87.3 Å². The second-order valence-corrected chi connectivity index (χ2v) is 4.62. The minimum Gasteiger partial charge on any atom is -0.396 e. The van der Waals surface area contributed by atoms with Gasteiger partial charge in [-0.05, 0) is 37.5 Å². The summed E-state index contributed by atoms with van der Waals surface area (Å²) in [6, 6.07) is 0. The van der Waals surface area contributed by atoms with Crippen LogP contribution in [0.4, 0.5) is 0 Å². The maximum absolute atomic E-state index is 9.85. The van der Waals surface area contributed by atoms with E-state index in [-0.39, 0.29) is 12.7 Å². The molecule has 0 bridgehead atoms. The van der Waals surface area contributed by atoms with Crippen molar-refractivity contribution in [1.82, 2.24) is 0 Å². The normalized spacial score (nSPS) is 30.2. The van der Waals surface area contributed by atoms with Crippen LogP contribution in [0.25, 0.3) is 0 Å². The van der Waals surface area contributed by atoms with Crippen molar-refractivity contribution >= 4 is 0 Å². The number of rotatable bonds is 5. The van der Waals surface area contributed by atoms with Gasteiger partial charge in [0.05, 0.1) is 6.10 Å². The summed E-state index contributed by atoms with van der Waals surface area (Å²) in [5.74, 6) is 1.40. The molecule has 0 aliphatic heterocycles. The molecule has 0 radical (unpaired) electrons. The molecule has 84 valence electrons. The summed E-state index contributed by atoms with van der Waals surface area (Å²) in [6.07, 6.45) is 7.59. The van der Waals surface area contributed by atoms with Gasteiger partial charge in [0.1, 0.15) is 0 Å². The quantitative estimate of drug-likeness (QED) is 0.715. The molecular weight excluding hydrogens is 176 g/mol. The molecule has 1 atom stereocenters. The lowest BCUT2D eigenvalue weighted by Gasteiger charge is -2.31. The minimum atomic E-state index is -0.167. The Morgan fingerprint density at radius 2 is 1.86 bits per heavy atom. The molecule has 0 saturated heterocycles. The third-order valence-electron chi connectivity index (χ3n) is 3.67. The third kappa shape index (κ3) is 3.58. The average Bonchev–Trinajstić information content (AvgIpc) is 2.26. The van der Waals surface area contributed by atoms with Crippen molar-refractivity contribution in [2.75, 3.05) is 6.61 Å². The predicted octanol–water partition coefficient (Wildman–Crippen LogP) is 2.34. The van der Waals surface area contributed by atoms with E-state index < -0.39 is 0 Å². The van der Waals surface area contributed by atoms with Gasteiger partial charge in [-0.2, -0.15) is 0 Å². The van der Waals surface area contributed by atoms with Crippen molar-refractivity contribution in [1.29, 1.82) is 0 Å². The lowest BCUT2D eigenvalue weighted by atomic mass is 9.77. The van der Waals surface area contributed by atoms with Gasteiger partial charge in [-0.15, -0.1) is 0 Å². The van der Waals surface area contributed by atoms with Gasteiger partial charge in [0.15, 0.2) is 0 Å². The van der Waals surface area contributed by atoms with E-state index in [1.165, 1.54) is 32.1 Å². The summed E-state index contributed by atoms with van der Waals surface area (Å²) >= 11 is 0. The highest BCUT2D eigenvalue weighted by Crippen LogP contribution is 2.33. The van der Waals surface area contributed by atoms with Crippen LogP contribution in [0.3, 0.4) is 0 Å². The molecule has 14 heavy (non-hydrogen) atoms. The van der Waals surface area contributed by atoms with Crippen LogP contribution in [0.1, 0.15) is 51.9 Å². The van der Waals surface area contributed by atoms with Crippen LogP contribution in [0, 0.1) is 11.8 Å². The summed E-state index contributed by atoms with van der Waals surface area (Å²) in [7, 11) is 0. The van der Waals surface area contributed by atoms with Gasteiger partial charge in [0.25, 0.3) is 0 Å². The minimum absolute atomic E-state index is 0.167. The largest absolute Gasteiger partial charge is 0.396 e. The van der Waals surface area contributed by atoms with Crippen LogP contribution >= 0.6 is 0 Å². The maximum Gasteiger partial charge on any atom is 0.0569 e. The van der Waals surface area contributed by atoms with Gasteiger partial charge < -0.3 is 10.2 Å². The van der Waals surface area contributed by atoms with Crippen molar-refractivity contribution in [2.45, 2.75) is 58.0 Å². The van der Waals surface area contributed by atoms with Crippen LogP contribution in [-0.4, -0.2) is 22.9 Å². The standard InChI is InChI=1S/C12H24O2/c1-2-10-5-7-11(8-6-10)12(14)4-3-9-13/h10-14H,2-9H2,1H3. The topological polar surface area (TPSA) is 40.5 Å². The molecule has 0 amide bonds. The first-order valence-corrected chi connectivity index (χ1v) is 6.06. The number of aliphatic hydroxyl groups is 2. The lowest BCUT2D eigenvalue weighted by Crippen LogP contribution is -2.25. The van der Waals surface area contributed by atoms with Gasteiger partial charge in [0, 0.05) is 6.61 Å². The van der Waals surface area contributed by atoms with E-state index in [1.54, 1.807) is 0 Å². The fourth-order valence-electron chi connectivity index (χ4n) is 2.52. The van der Waals surface area contributed by atoms with Gasteiger partial charge in [-0.25, -0.2) is 0 Å². The van der Waals surface area contributed by atoms with E-state index >= 15 is 0 Å². The van der Waals surface area contributed by atoms with Gasteiger partial charge in [-0.3, -0.25) is 0 Å². The Kier molecular flexibility index (Phi) is 5.49. The van der Waals surface area contributed by atoms with E-state index in [2.05, 4.69) is 6.92 Å². The van der Waals surface area contributed by atoms with E-state index in [1.807, 2.05) is 0 Å². The molecule has 2 N–H and O–H groups in total. The maximum atomic E-state index is 9.85. The van der Waals surface area contributed by atoms with Crippen molar-refractivity contribution in [3.63, 3.8) is 0 Å². The Morgan fingerprint density at radius 3 is 2.36 bits per heavy atom. The smallest absolute Gasteiger partial charge is 0.0569 e. The van der Waals surface area contributed by atoms with Crippen molar-refractivity contribution in [2.24, 2.45) is 11.8 Å². The Bertz CT molecular complexity index is 139. The fourth-order valence-corrected chi connectivity index (χ4v) is 2.52. The molecule has 2 heteroatoms. The van der Waals surface area contributed by atoms with E-state index in [0.717, 1.165) is 18.8 Å². The molecule has 1 saturated carbocycles. The highest BCUT2D eigenvalue weighted by Gasteiger charge is 2.24. The Hall–Kier alpha value is -0.0800. The van der Waals surface area contributed by atoms with Crippen molar-refractivity contribution in [3.8, 4) is 0 Å². The molecule has 1 aliphatic rings. The lowest BCUT2D eigenvalue weighted by molar-refractivity contribution is 0.0605. The van der Waals surface area contributed by atoms with E-state index in [9.17, 15) is 5.11 Å². The fraction of sp³-hybridized carbons (Fsp3) is 1.00. The predicted molar refractivity (Wildman–Crippen MR) is 58.1 cm³/mol. The number of aliphatic hydroxyl groups excluding tert-OH is 2. The molecular formula is C12H24O2. The monoisotopic (exact) mass is 200 g/mol. The molecule has 0 spiro atoms. The SMILES string of the molecule is CCC1CCC(C(O)CCCO)CC1. The zero-order valence-corrected chi connectivity index (χ0v) is 9.28. The molecule has 0 heterocycles. The first-order valence-electron chi connectivity index (χ1n) is 6.06. The van der Waals surface area contributed by atoms with Crippen LogP contribution in [0.2, 0.25) is 0 Å². The van der Waals surface area contributed by atoms with Crippen LogP contribution in [0.5, 0.6) is 0 Å². The Balaban J connectivity index is 2.19. The molecule has 0 aromatic heterocycles. The molecule has 1 unspecified atom stereocenters. The zero-order chi connectivity index (χ0) is 10.4. The second-order valence-electron chi connectivity index (χ2n) is 4.62. The highest BCUT2D eigenvalue weighted by molar-refractivity contribution is 4.76. The van der Waals surface area contributed by atoms with Crippen LogP contribution < -0.4 is 0 Å². The average molecular weight is 200 g/mol. The third-order valence-corrected chi connectivity index (χ3v) is 3.67. The van der Waals surface area contributed by atoms with Gasteiger partial charge in [0.2, 0.25) is 0 Å². The van der Waals surface area contributed by atoms with Gasteiger partial charge in [-0.1, -0.05) is 26.2 Å². The summed E-state index contributed by atoms with van der Waals surface area (Å²) in [6.45, 7) is 2.47. The van der Waals surface area contributed by atoms with Crippen LogP contribution in [-0.2, 0) is 0 Å². The summed E-state index contributed by atoms with van der Waals surface area (Å²) in [4.78, 5) is 0.